The van der Waals surface area contributed by atoms with Crippen LogP contribution < -0.4 is 5.32 Å². The first-order valence-corrected chi connectivity index (χ1v) is 10.0. The van der Waals surface area contributed by atoms with E-state index in [1.165, 1.54) is 49.5 Å². The fourth-order valence-electron chi connectivity index (χ4n) is 3.61. The van der Waals surface area contributed by atoms with Gasteiger partial charge < -0.3 is 4.74 Å². The SMILES string of the molecule is COCCN1C(=O)c2ccc(C(=O)Nc3nnc(C4CCCC4)s3)cc2C1=O. The van der Waals surface area contributed by atoms with Crippen LogP contribution in [0.15, 0.2) is 18.2 Å². The van der Waals surface area contributed by atoms with Gasteiger partial charge in [-0.25, -0.2) is 0 Å². The molecule has 8 nitrogen and oxygen atoms in total. The molecule has 1 N–H and O–H groups in total. The Labute approximate surface area is 165 Å². The summed E-state index contributed by atoms with van der Waals surface area (Å²) in [4.78, 5) is 38.6. The van der Waals surface area contributed by atoms with Crippen molar-refractivity contribution in [3.05, 3.63) is 39.9 Å². The largest absolute Gasteiger partial charge is 0.383 e. The van der Waals surface area contributed by atoms with Crippen molar-refractivity contribution in [1.82, 2.24) is 15.1 Å². The molecule has 3 amide bonds. The van der Waals surface area contributed by atoms with Crippen molar-refractivity contribution >= 4 is 34.2 Å². The Morgan fingerprint density at radius 2 is 1.96 bits per heavy atom. The second kappa shape index (κ2) is 7.76. The van der Waals surface area contributed by atoms with Gasteiger partial charge in [0.15, 0.2) is 0 Å². The summed E-state index contributed by atoms with van der Waals surface area (Å²) in [5, 5.41) is 12.4. The van der Waals surface area contributed by atoms with Gasteiger partial charge in [0.1, 0.15) is 5.01 Å². The van der Waals surface area contributed by atoms with Gasteiger partial charge >= 0.3 is 0 Å². The van der Waals surface area contributed by atoms with E-state index in [9.17, 15) is 14.4 Å². The monoisotopic (exact) mass is 400 g/mol. The molecule has 0 saturated heterocycles. The number of carbonyl (C=O) groups excluding carboxylic acids is 3. The summed E-state index contributed by atoms with van der Waals surface area (Å²) in [5.41, 5.74) is 0.834. The lowest BCUT2D eigenvalue weighted by atomic mass is 10.1. The quantitative estimate of drug-likeness (QED) is 0.748. The first-order chi connectivity index (χ1) is 13.6. The van der Waals surface area contributed by atoms with Gasteiger partial charge in [0.05, 0.1) is 24.3 Å². The van der Waals surface area contributed by atoms with Gasteiger partial charge in [-0.15, -0.1) is 10.2 Å². The summed E-state index contributed by atoms with van der Waals surface area (Å²) in [5.74, 6) is -0.724. The van der Waals surface area contributed by atoms with E-state index in [0.29, 0.717) is 22.2 Å². The highest BCUT2D eigenvalue weighted by molar-refractivity contribution is 7.15. The van der Waals surface area contributed by atoms with Gasteiger partial charge in [-0.05, 0) is 31.0 Å². The molecule has 0 bridgehead atoms. The van der Waals surface area contributed by atoms with E-state index in [2.05, 4.69) is 15.5 Å². The molecule has 2 aromatic rings. The highest BCUT2D eigenvalue weighted by Gasteiger charge is 2.35. The molecule has 1 fully saturated rings. The van der Waals surface area contributed by atoms with Gasteiger partial charge in [-0.3, -0.25) is 24.6 Å². The van der Waals surface area contributed by atoms with Crippen molar-refractivity contribution in [2.75, 3.05) is 25.6 Å². The predicted octanol–water partition coefficient (Wildman–Crippen LogP) is 2.69. The molecule has 28 heavy (non-hydrogen) atoms. The Balaban J connectivity index is 1.49. The number of methoxy groups -OCH3 is 1. The number of carbonyl (C=O) groups is 3. The lowest BCUT2D eigenvalue weighted by molar-refractivity contribution is 0.0603. The maximum atomic E-state index is 12.6. The smallest absolute Gasteiger partial charge is 0.261 e. The minimum absolute atomic E-state index is 0.180. The molecule has 1 aromatic heterocycles. The van der Waals surface area contributed by atoms with Crippen molar-refractivity contribution in [1.29, 1.82) is 0 Å². The number of nitrogens with zero attached hydrogens (tertiary/aromatic N) is 3. The molecule has 2 heterocycles. The number of fused-ring (bicyclic) bond motifs is 1. The molecule has 2 aliphatic rings. The van der Waals surface area contributed by atoms with Gasteiger partial charge in [0, 0.05) is 18.6 Å². The first-order valence-electron chi connectivity index (χ1n) is 9.22. The summed E-state index contributed by atoms with van der Waals surface area (Å²) in [6.07, 6.45) is 4.64. The van der Waals surface area contributed by atoms with Gasteiger partial charge in [-0.1, -0.05) is 24.2 Å². The van der Waals surface area contributed by atoms with Crippen molar-refractivity contribution in [3.63, 3.8) is 0 Å². The summed E-state index contributed by atoms with van der Waals surface area (Å²) < 4.78 is 4.94. The Morgan fingerprint density at radius 3 is 2.71 bits per heavy atom. The number of hydrogen-bond donors (Lipinski definition) is 1. The van der Waals surface area contributed by atoms with Crippen LogP contribution >= 0.6 is 11.3 Å². The molecule has 0 radical (unpaired) electrons. The lowest BCUT2D eigenvalue weighted by Crippen LogP contribution is -2.32. The van der Waals surface area contributed by atoms with Gasteiger partial charge in [0.2, 0.25) is 5.13 Å². The van der Waals surface area contributed by atoms with Crippen molar-refractivity contribution < 1.29 is 19.1 Å². The van der Waals surface area contributed by atoms with Gasteiger partial charge in [0.25, 0.3) is 17.7 Å². The van der Waals surface area contributed by atoms with Crippen LogP contribution in [0.5, 0.6) is 0 Å². The van der Waals surface area contributed by atoms with Crippen LogP contribution in [0, 0.1) is 0 Å². The molecule has 1 aliphatic heterocycles. The Kier molecular flexibility index (Phi) is 5.19. The van der Waals surface area contributed by atoms with Crippen LogP contribution in [0.4, 0.5) is 5.13 Å². The normalized spacial score (nSPS) is 16.7. The Morgan fingerprint density at radius 1 is 1.21 bits per heavy atom. The lowest BCUT2D eigenvalue weighted by Gasteiger charge is -2.12. The van der Waals surface area contributed by atoms with Crippen LogP contribution in [0.2, 0.25) is 0 Å². The zero-order valence-corrected chi connectivity index (χ0v) is 16.3. The van der Waals surface area contributed by atoms with Crippen LogP contribution in [0.25, 0.3) is 0 Å². The number of hydrogen-bond acceptors (Lipinski definition) is 7. The highest BCUT2D eigenvalue weighted by atomic mass is 32.1. The van der Waals surface area contributed by atoms with Crippen LogP contribution in [-0.2, 0) is 4.74 Å². The third-order valence-electron chi connectivity index (χ3n) is 5.12. The average molecular weight is 400 g/mol. The first kappa shape index (κ1) is 18.7. The van der Waals surface area contributed by atoms with E-state index < -0.39 is 5.91 Å². The molecule has 1 saturated carbocycles. The maximum Gasteiger partial charge on any atom is 0.261 e. The number of anilines is 1. The molecule has 4 rings (SSSR count). The van der Waals surface area contributed by atoms with E-state index in [-0.39, 0.29) is 30.5 Å². The van der Waals surface area contributed by atoms with E-state index in [1.807, 2.05) is 0 Å². The molecular formula is C19H20N4O4S. The standard InChI is InChI=1S/C19H20N4O4S/c1-27-9-8-23-17(25)13-7-6-12(10-14(13)18(23)26)15(24)20-19-22-21-16(28-19)11-4-2-3-5-11/h6-7,10-11H,2-5,8-9H2,1H3,(H,20,22,24). The number of ether oxygens (including phenoxy) is 1. The number of amides is 3. The molecule has 0 spiro atoms. The van der Waals surface area contributed by atoms with Crippen LogP contribution in [0.3, 0.4) is 0 Å². The zero-order valence-electron chi connectivity index (χ0n) is 15.4. The number of rotatable bonds is 6. The Bertz CT molecular complexity index is 936. The summed E-state index contributed by atoms with van der Waals surface area (Å²) in [7, 11) is 1.51. The Hall–Kier alpha value is -2.65. The van der Waals surface area contributed by atoms with Crippen molar-refractivity contribution in [2.24, 2.45) is 0 Å². The maximum absolute atomic E-state index is 12.6. The summed E-state index contributed by atoms with van der Waals surface area (Å²) >= 11 is 1.39. The summed E-state index contributed by atoms with van der Waals surface area (Å²) in [6.45, 7) is 0.443. The second-order valence-corrected chi connectivity index (χ2v) is 7.91. The fraction of sp³-hybridized carbons (Fsp3) is 0.421. The molecule has 0 unspecified atom stereocenters. The zero-order chi connectivity index (χ0) is 19.7. The van der Waals surface area contributed by atoms with Gasteiger partial charge in [-0.2, -0.15) is 0 Å². The van der Waals surface area contributed by atoms with E-state index in [4.69, 9.17) is 4.74 Å². The number of imide groups is 1. The number of nitrogens with one attached hydrogen (secondary N) is 1. The average Bonchev–Trinajstić information content (AvgIpc) is 3.42. The second-order valence-electron chi connectivity index (χ2n) is 6.90. The predicted molar refractivity (Wildman–Crippen MR) is 103 cm³/mol. The van der Waals surface area contributed by atoms with Crippen molar-refractivity contribution in [3.8, 4) is 0 Å². The molecular weight excluding hydrogens is 380 g/mol. The number of benzene rings is 1. The van der Waals surface area contributed by atoms with Crippen molar-refractivity contribution in [2.45, 2.75) is 31.6 Å². The van der Waals surface area contributed by atoms with Crippen LogP contribution in [-0.4, -0.2) is 53.1 Å². The van der Waals surface area contributed by atoms with E-state index in [0.717, 1.165) is 22.7 Å². The van der Waals surface area contributed by atoms with E-state index >= 15 is 0 Å². The molecule has 9 heteroatoms. The molecule has 0 atom stereocenters. The fourth-order valence-corrected chi connectivity index (χ4v) is 4.52. The summed E-state index contributed by atoms with van der Waals surface area (Å²) in [6, 6.07) is 4.51. The number of aromatic nitrogens is 2. The highest BCUT2D eigenvalue weighted by Crippen LogP contribution is 2.36. The van der Waals surface area contributed by atoms with E-state index in [1.54, 1.807) is 0 Å². The third kappa shape index (κ3) is 3.43. The third-order valence-corrected chi connectivity index (χ3v) is 6.12. The topological polar surface area (TPSA) is 101 Å². The minimum atomic E-state index is -0.411. The van der Waals surface area contributed by atoms with Crippen LogP contribution in [0.1, 0.15) is 67.7 Å². The molecule has 146 valence electrons. The molecule has 1 aliphatic carbocycles. The molecule has 1 aromatic carbocycles. The minimum Gasteiger partial charge on any atom is -0.383 e.